The van der Waals surface area contributed by atoms with E-state index in [0.717, 1.165) is 53.9 Å². The highest BCUT2D eigenvalue weighted by Gasteiger charge is 2.17. The summed E-state index contributed by atoms with van der Waals surface area (Å²) >= 11 is 7.43. The lowest BCUT2D eigenvalue weighted by Crippen LogP contribution is -1.94. The van der Waals surface area contributed by atoms with E-state index in [9.17, 15) is 0 Å². The Morgan fingerprint density at radius 3 is 1.11 bits per heavy atom. The highest BCUT2D eigenvalue weighted by molar-refractivity contribution is 9.10. The number of ether oxygens (including phenoxy) is 2. The monoisotopic (exact) mass is 700 g/mol. The Bertz CT molecular complexity index is 2200. The summed E-state index contributed by atoms with van der Waals surface area (Å²) in [6.07, 6.45) is 0. The molecule has 0 atom stereocenters. The van der Waals surface area contributed by atoms with Crippen molar-refractivity contribution in [2.45, 2.75) is 0 Å². The molecular weight excluding hydrogens is 676 g/mol. The van der Waals surface area contributed by atoms with E-state index in [4.69, 9.17) is 9.47 Å². The molecule has 0 spiro atoms. The molecule has 0 radical (unpaired) electrons. The highest BCUT2D eigenvalue weighted by Crippen LogP contribution is 2.39. The maximum Gasteiger partial charge on any atom is 0.119 e. The molecule has 8 rings (SSSR count). The Balaban J connectivity index is 1.33. The van der Waals surface area contributed by atoms with Gasteiger partial charge in [-0.1, -0.05) is 44.0 Å². The average Bonchev–Trinajstić information content (AvgIpc) is 3.56. The standard InChI is InChI=1S/C38H26Br2N2O2/c1-43-29-11-7-27(8-12-29)41-35-15-3-23(19-31(35)33-21-25(39)5-17-37(33)41)24-4-16-36-32(20-24)34-22-26(40)6-18-38(34)42(36)28-9-13-30(44-2)14-10-28/h3-22H,1-2H3. The van der Waals surface area contributed by atoms with Crippen molar-refractivity contribution in [3.05, 3.63) is 130 Å². The molecular formula is C38H26Br2N2O2. The summed E-state index contributed by atoms with van der Waals surface area (Å²) in [7, 11) is 3.39. The number of nitrogens with zero attached hydrogens (tertiary/aromatic N) is 2. The molecule has 2 heterocycles. The molecule has 0 aliphatic carbocycles. The van der Waals surface area contributed by atoms with E-state index in [1.54, 1.807) is 14.2 Å². The number of methoxy groups -OCH3 is 2. The average molecular weight is 702 g/mol. The first-order valence-electron chi connectivity index (χ1n) is 14.3. The van der Waals surface area contributed by atoms with Gasteiger partial charge in [0.15, 0.2) is 0 Å². The molecule has 0 unspecified atom stereocenters. The molecule has 0 bridgehead atoms. The van der Waals surface area contributed by atoms with Gasteiger partial charge in [0.1, 0.15) is 11.5 Å². The fourth-order valence-electron chi connectivity index (χ4n) is 6.37. The first-order valence-corrected chi connectivity index (χ1v) is 15.9. The number of fused-ring (bicyclic) bond motifs is 6. The van der Waals surface area contributed by atoms with Crippen molar-refractivity contribution < 1.29 is 9.47 Å². The van der Waals surface area contributed by atoms with Crippen molar-refractivity contribution in [3.8, 4) is 34.0 Å². The fourth-order valence-corrected chi connectivity index (χ4v) is 7.09. The molecule has 214 valence electrons. The van der Waals surface area contributed by atoms with Crippen molar-refractivity contribution in [2.24, 2.45) is 0 Å². The lowest BCUT2D eigenvalue weighted by molar-refractivity contribution is 0.414. The van der Waals surface area contributed by atoms with Gasteiger partial charge in [-0.05, 0) is 120 Å². The van der Waals surface area contributed by atoms with Gasteiger partial charge < -0.3 is 18.6 Å². The summed E-state index contributed by atoms with van der Waals surface area (Å²) < 4.78 is 17.6. The Kier molecular flexibility index (Phi) is 6.51. The summed E-state index contributed by atoms with van der Waals surface area (Å²) in [5, 5.41) is 4.82. The molecule has 0 fully saturated rings. The maximum atomic E-state index is 5.42. The minimum absolute atomic E-state index is 0.843. The first kappa shape index (κ1) is 27.1. The summed E-state index contributed by atoms with van der Waals surface area (Å²) in [4.78, 5) is 0. The zero-order chi connectivity index (χ0) is 29.9. The van der Waals surface area contributed by atoms with Crippen LogP contribution < -0.4 is 9.47 Å². The zero-order valence-electron chi connectivity index (χ0n) is 24.0. The molecule has 44 heavy (non-hydrogen) atoms. The Morgan fingerprint density at radius 2 is 0.750 bits per heavy atom. The third-order valence-electron chi connectivity index (χ3n) is 8.45. The first-order chi connectivity index (χ1) is 21.5. The molecule has 2 aromatic heterocycles. The molecule has 0 saturated carbocycles. The van der Waals surface area contributed by atoms with E-state index in [-0.39, 0.29) is 0 Å². The van der Waals surface area contributed by atoms with Crippen LogP contribution in [-0.4, -0.2) is 23.4 Å². The van der Waals surface area contributed by atoms with Crippen LogP contribution in [0.1, 0.15) is 0 Å². The molecule has 6 heteroatoms. The minimum Gasteiger partial charge on any atom is -0.497 e. The number of benzene rings is 6. The lowest BCUT2D eigenvalue weighted by atomic mass is 10.0. The fraction of sp³-hybridized carbons (Fsp3) is 0.0526. The van der Waals surface area contributed by atoms with Crippen molar-refractivity contribution in [2.75, 3.05) is 14.2 Å². The Hall–Kier alpha value is -4.52. The summed E-state index contributed by atoms with van der Waals surface area (Å²) in [5.41, 5.74) is 9.18. The van der Waals surface area contributed by atoms with Crippen LogP contribution >= 0.6 is 31.9 Å². The van der Waals surface area contributed by atoms with Gasteiger partial charge in [-0.25, -0.2) is 0 Å². The molecule has 0 aliphatic rings. The van der Waals surface area contributed by atoms with Crippen LogP contribution in [0.3, 0.4) is 0 Å². The Morgan fingerprint density at radius 1 is 0.409 bits per heavy atom. The van der Waals surface area contributed by atoms with Crippen LogP contribution in [0.2, 0.25) is 0 Å². The van der Waals surface area contributed by atoms with Gasteiger partial charge in [-0.2, -0.15) is 0 Å². The molecule has 0 saturated heterocycles. The van der Waals surface area contributed by atoms with Gasteiger partial charge in [-0.3, -0.25) is 0 Å². The molecule has 4 nitrogen and oxygen atoms in total. The third-order valence-corrected chi connectivity index (χ3v) is 9.44. The van der Waals surface area contributed by atoms with Gasteiger partial charge in [0, 0.05) is 41.9 Å². The Labute approximate surface area is 271 Å². The van der Waals surface area contributed by atoms with Crippen LogP contribution in [0, 0.1) is 0 Å². The second-order valence-corrected chi connectivity index (χ2v) is 12.7. The number of hydrogen-bond donors (Lipinski definition) is 0. The number of aromatic nitrogens is 2. The van der Waals surface area contributed by atoms with Gasteiger partial charge in [0.05, 0.1) is 36.3 Å². The summed E-state index contributed by atoms with van der Waals surface area (Å²) in [6.45, 7) is 0. The van der Waals surface area contributed by atoms with Crippen molar-refractivity contribution in [1.82, 2.24) is 9.13 Å². The van der Waals surface area contributed by atoms with E-state index < -0.39 is 0 Å². The second kappa shape index (κ2) is 10.6. The van der Waals surface area contributed by atoms with E-state index in [1.165, 1.54) is 32.7 Å². The molecule has 0 aliphatic heterocycles. The van der Waals surface area contributed by atoms with Crippen molar-refractivity contribution >= 4 is 75.5 Å². The summed E-state index contributed by atoms with van der Waals surface area (Å²) in [6, 6.07) is 43.1. The minimum atomic E-state index is 0.843. The molecule has 8 aromatic rings. The maximum absolute atomic E-state index is 5.42. The topological polar surface area (TPSA) is 28.3 Å². The van der Waals surface area contributed by atoms with Crippen LogP contribution in [0.5, 0.6) is 11.5 Å². The van der Waals surface area contributed by atoms with E-state index >= 15 is 0 Å². The predicted molar refractivity (Wildman–Crippen MR) is 189 cm³/mol. The quantitative estimate of drug-likeness (QED) is 0.179. The zero-order valence-corrected chi connectivity index (χ0v) is 27.2. The van der Waals surface area contributed by atoms with Crippen LogP contribution in [0.4, 0.5) is 0 Å². The number of hydrogen-bond acceptors (Lipinski definition) is 2. The lowest BCUT2D eigenvalue weighted by Gasteiger charge is -2.10. The molecule has 0 amide bonds. The number of rotatable bonds is 5. The smallest absolute Gasteiger partial charge is 0.119 e. The van der Waals surface area contributed by atoms with Gasteiger partial charge >= 0.3 is 0 Å². The van der Waals surface area contributed by atoms with Crippen molar-refractivity contribution in [1.29, 1.82) is 0 Å². The third kappa shape index (κ3) is 4.32. The summed E-state index contributed by atoms with van der Waals surface area (Å²) in [5.74, 6) is 1.69. The van der Waals surface area contributed by atoms with Crippen LogP contribution in [0.25, 0.3) is 66.1 Å². The normalized spacial score (nSPS) is 11.6. The van der Waals surface area contributed by atoms with Crippen LogP contribution in [-0.2, 0) is 0 Å². The van der Waals surface area contributed by atoms with E-state index in [2.05, 4.69) is 138 Å². The SMILES string of the molecule is COc1ccc(-n2c3ccc(Br)cc3c3cc(-c4ccc5c(c4)c4cc(Br)ccc4n5-c4ccc(OC)cc4)ccc32)cc1. The van der Waals surface area contributed by atoms with Crippen LogP contribution in [0.15, 0.2) is 130 Å². The van der Waals surface area contributed by atoms with Gasteiger partial charge in [0.2, 0.25) is 0 Å². The largest absolute Gasteiger partial charge is 0.497 e. The van der Waals surface area contributed by atoms with Gasteiger partial charge in [0.25, 0.3) is 0 Å². The van der Waals surface area contributed by atoms with Gasteiger partial charge in [-0.15, -0.1) is 0 Å². The molecule has 0 N–H and O–H groups in total. The second-order valence-electron chi connectivity index (χ2n) is 10.9. The van der Waals surface area contributed by atoms with Crippen molar-refractivity contribution in [3.63, 3.8) is 0 Å². The molecule has 6 aromatic carbocycles. The number of halogens is 2. The van der Waals surface area contributed by atoms with E-state index in [1.807, 2.05) is 24.3 Å². The predicted octanol–water partition coefficient (Wildman–Crippen LogP) is 11.1. The highest BCUT2D eigenvalue weighted by atomic mass is 79.9. The van der Waals surface area contributed by atoms with E-state index in [0.29, 0.717) is 0 Å².